The SMILES string of the molecule is O=C(CNC(=O)c1cc(S(=O)(=O)N2CCOCC2)c(Cl)cc1Cl)Nc1ccc(F)c(F)c1F. The molecule has 1 heterocycles. The van der Waals surface area contributed by atoms with E-state index in [-0.39, 0.29) is 46.8 Å². The number of ether oxygens (including phenoxy) is 1. The van der Waals surface area contributed by atoms with Crippen molar-refractivity contribution < 1.29 is 35.9 Å². The molecular formula is C19H16Cl2F3N3O5S. The topological polar surface area (TPSA) is 105 Å². The van der Waals surface area contributed by atoms with E-state index >= 15 is 0 Å². The van der Waals surface area contributed by atoms with E-state index in [4.69, 9.17) is 27.9 Å². The molecule has 3 rings (SSSR count). The van der Waals surface area contributed by atoms with Crippen molar-refractivity contribution in [2.24, 2.45) is 0 Å². The Bertz CT molecular complexity index is 1210. The third-order valence-corrected chi connectivity index (χ3v) is 7.25. The smallest absolute Gasteiger partial charge is 0.253 e. The highest BCUT2D eigenvalue weighted by Gasteiger charge is 2.30. The molecule has 2 amide bonds. The van der Waals surface area contributed by atoms with Crippen LogP contribution in [0.25, 0.3) is 0 Å². The molecule has 0 radical (unpaired) electrons. The molecule has 2 aromatic rings. The van der Waals surface area contributed by atoms with E-state index < -0.39 is 51.5 Å². The minimum absolute atomic E-state index is 0.101. The van der Waals surface area contributed by atoms with E-state index in [1.54, 1.807) is 0 Å². The minimum Gasteiger partial charge on any atom is -0.379 e. The summed E-state index contributed by atoms with van der Waals surface area (Å²) in [7, 11) is -4.05. The summed E-state index contributed by atoms with van der Waals surface area (Å²) in [5, 5.41) is 3.79. The molecule has 14 heteroatoms. The zero-order valence-electron chi connectivity index (χ0n) is 16.6. The van der Waals surface area contributed by atoms with Crippen molar-refractivity contribution >= 4 is 50.7 Å². The molecule has 8 nitrogen and oxygen atoms in total. The van der Waals surface area contributed by atoms with Gasteiger partial charge in [-0.05, 0) is 24.3 Å². The van der Waals surface area contributed by atoms with Crippen LogP contribution in [0.4, 0.5) is 18.9 Å². The van der Waals surface area contributed by atoms with Gasteiger partial charge in [-0.3, -0.25) is 9.59 Å². The monoisotopic (exact) mass is 525 g/mol. The first kappa shape index (κ1) is 25.2. The van der Waals surface area contributed by atoms with Gasteiger partial charge in [-0.2, -0.15) is 4.31 Å². The van der Waals surface area contributed by atoms with Crippen LogP contribution in [0.2, 0.25) is 10.0 Å². The Morgan fingerprint density at radius 2 is 1.70 bits per heavy atom. The summed E-state index contributed by atoms with van der Waals surface area (Å²) in [6.07, 6.45) is 0. The number of rotatable bonds is 6. The van der Waals surface area contributed by atoms with Crippen LogP contribution in [0.15, 0.2) is 29.2 Å². The van der Waals surface area contributed by atoms with Gasteiger partial charge < -0.3 is 15.4 Å². The Morgan fingerprint density at radius 1 is 1.03 bits per heavy atom. The summed E-state index contributed by atoms with van der Waals surface area (Å²) in [5.41, 5.74) is -0.906. The molecule has 1 aliphatic heterocycles. The molecule has 1 fully saturated rings. The van der Waals surface area contributed by atoms with E-state index in [9.17, 15) is 31.2 Å². The number of sulfonamides is 1. The molecule has 0 unspecified atom stereocenters. The molecule has 178 valence electrons. The normalized spacial score (nSPS) is 14.7. The van der Waals surface area contributed by atoms with Crippen LogP contribution in [0.1, 0.15) is 10.4 Å². The van der Waals surface area contributed by atoms with E-state index in [1.165, 1.54) is 0 Å². The quantitative estimate of drug-likeness (QED) is 0.564. The van der Waals surface area contributed by atoms with Gasteiger partial charge in [0.2, 0.25) is 15.9 Å². The van der Waals surface area contributed by atoms with Crippen LogP contribution in [0.5, 0.6) is 0 Å². The average Bonchev–Trinajstić information content (AvgIpc) is 2.78. The number of benzene rings is 2. The number of nitrogens with zero attached hydrogens (tertiary/aromatic N) is 1. The number of carbonyl (C=O) groups is 2. The second kappa shape index (κ2) is 10.3. The van der Waals surface area contributed by atoms with Gasteiger partial charge in [-0.15, -0.1) is 0 Å². The van der Waals surface area contributed by atoms with Gasteiger partial charge in [-0.1, -0.05) is 23.2 Å². The fourth-order valence-corrected chi connectivity index (χ4v) is 5.14. The first-order valence-electron chi connectivity index (χ1n) is 9.31. The second-order valence-electron chi connectivity index (χ2n) is 6.73. The van der Waals surface area contributed by atoms with Gasteiger partial charge in [0.15, 0.2) is 17.5 Å². The van der Waals surface area contributed by atoms with Crippen LogP contribution >= 0.6 is 23.2 Å². The summed E-state index contributed by atoms with van der Waals surface area (Å²) in [5.74, 6) is -6.68. The lowest BCUT2D eigenvalue weighted by atomic mass is 10.2. The largest absolute Gasteiger partial charge is 0.379 e. The van der Waals surface area contributed by atoms with E-state index in [2.05, 4.69) is 5.32 Å². The summed E-state index contributed by atoms with van der Waals surface area (Å²) >= 11 is 12.1. The molecule has 0 aliphatic carbocycles. The Balaban J connectivity index is 1.74. The molecule has 0 aromatic heterocycles. The van der Waals surface area contributed by atoms with Crippen molar-refractivity contribution in [3.8, 4) is 0 Å². The molecule has 0 bridgehead atoms. The average molecular weight is 526 g/mol. The lowest BCUT2D eigenvalue weighted by molar-refractivity contribution is -0.115. The molecule has 1 saturated heterocycles. The zero-order chi connectivity index (χ0) is 24.3. The number of morpholine rings is 1. The van der Waals surface area contributed by atoms with Crippen LogP contribution in [0.3, 0.4) is 0 Å². The van der Waals surface area contributed by atoms with E-state index in [0.29, 0.717) is 6.07 Å². The van der Waals surface area contributed by atoms with Gasteiger partial charge in [0.1, 0.15) is 4.90 Å². The Morgan fingerprint density at radius 3 is 2.36 bits per heavy atom. The van der Waals surface area contributed by atoms with Crippen LogP contribution in [-0.4, -0.2) is 57.4 Å². The molecule has 0 spiro atoms. The van der Waals surface area contributed by atoms with Gasteiger partial charge in [0, 0.05) is 13.1 Å². The van der Waals surface area contributed by atoms with E-state index in [0.717, 1.165) is 22.5 Å². The predicted molar refractivity (Wildman–Crippen MR) is 113 cm³/mol. The zero-order valence-corrected chi connectivity index (χ0v) is 19.0. The molecule has 1 aliphatic rings. The fourth-order valence-electron chi connectivity index (χ4n) is 2.90. The first-order valence-corrected chi connectivity index (χ1v) is 11.5. The fraction of sp³-hybridized carbons (Fsp3) is 0.263. The maximum atomic E-state index is 13.7. The highest BCUT2D eigenvalue weighted by Crippen LogP contribution is 2.31. The third-order valence-electron chi connectivity index (χ3n) is 4.57. The lowest BCUT2D eigenvalue weighted by Crippen LogP contribution is -2.40. The molecule has 0 saturated carbocycles. The number of carbonyl (C=O) groups excluding carboxylic acids is 2. The summed E-state index contributed by atoms with van der Waals surface area (Å²) in [4.78, 5) is 24.2. The molecule has 2 aromatic carbocycles. The molecule has 2 N–H and O–H groups in total. The third kappa shape index (κ3) is 5.58. The maximum Gasteiger partial charge on any atom is 0.253 e. The highest BCUT2D eigenvalue weighted by molar-refractivity contribution is 7.89. The van der Waals surface area contributed by atoms with Crippen molar-refractivity contribution in [3.63, 3.8) is 0 Å². The van der Waals surface area contributed by atoms with Gasteiger partial charge in [0.25, 0.3) is 5.91 Å². The molecule has 0 atom stereocenters. The van der Waals surface area contributed by atoms with Crippen molar-refractivity contribution in [1.82, 2.24) is 9.62 Å². The number of amides is 2. The Kier molecular flexibility index (Phi) is 7.85. The number of hydrogen-bond donors (Lipinski definition) is 2. The molecule has 33 heavy (non-hydrogen) atoms. The molecular weight excluding hydrogens is 510 g/mol. The Labute approximate surface area is 196 Å². The second-order valence-corrected chi connectivity index (χ2v) is 9.45. The summed E-state index contributed by atoms with van der Waals surface area (Å²) in [6, 6.07) is 3.50. The van der Waals surface area contributed by atoms with Crippen molar-refractivity contribution in [1.29, 1.82) is 0 Å². The van der Waals surface area contributed by atoms with Crippen LogP contribution in [0, 0.1) is 17.5 Å². The lowest BCUT2D eigenvalue weighted by Gasteiger charge is -2.26. The van der Waals surface area contributed by atoms with Crippen molar-refractivity contribution in [2.75, 3.05) is 38.2 Å². The highest BCUT2D eigenvalue weighted by atomic mass is 35.5. The van der Waals surface area contributed by atoms with Crippen LogP contribution < -0.4 is 10.6 Å². The van der Waals surface area contributed by atoms with Gasteiger partial charge in [0.05, 0.1) is 41.1 Å². The minimum atomic E-state index is -4.05. The van der Waals surface area contributed by atoms with Crippen molar-refractivity contribution in [2.45, 2.75) is 4.90 Å². The number of anilines is 1. The van der Waals surface area contributed by atoms with Crippen molar-refractivity contribution in [3.05, 3.63) is 57.3 Å². The standard InChI is InChI=1S/C19H16Cl2F3N3O5S/c20-11-8-12(21)15(33(30,31)27-3-5-32-6-4-27)7-10(11)19(29)25-9-16(28)26-14-2-1-13(22)17(23)18(14)24/h1-2,7-8H,3-6,9H2,(H,25,29)(H,26,28). The first-order chi connectivity index (χ1) is 15.5. The van der Waals surface area contributed by atoms with Gasteiger partial charge in [-0.25, -0.2) is 21.6 Å². The van der Waals surface area contributed by atoms with Crippen LogP contribution in [-0.2, 0) is 19.6 Å². The maximum absolute atomic E-state index is 13.7. The van der Waals surface area contributed by atoms with Gasteiger partial charge >= 0.3 is 0 Å². The number of nitrogens with one attached hydrogen (secondary N) is 2. The summed E-state index contributed by atoms with van der Waals surface area (Å²) in [6.45, 7) is -0.105. The predicted octanol–water partition coefficient (Wildman–Crippen LogP) is 2.80. The number of halogens is 5. The number of hydrogen-bond acceptors (Lipinski definition) is 5. The Hall–Kier alpha value is -2.38. The van der Waals surface area contributed by atoms with E-state index in [1.807, 2.05) is 5.32 Å². The summed E-state index contributed by atoms with van der Waals surface area (Å²) < 4.78 is 72.0.